The van der Waals surface area contributed by atoms with Gasteiger partial charge in [-0.3, -0.25) is 4.79 Å². The highest BCUT2D eigenvalue weighted by Gasteiger charge is 2.32. The number of carboxylic acids is 1. The average Bonchev–Trinajstić information content (AvgIpc) is 2.80. The maximum atomic E-state index is 12.3. The van der Waals surface area contributed by atoms with E-state index in [0.29, 0.717) is 29.8 Å². The molecule has 2 N–H and O–H groups in total. The summed E-state index contributed by atoms with van der Waals surface area (Å²) in [5.41, 5.74) is 0.495. The molecule has 2 rings (SSSR count). The Labute approximate surface area is 123 Å². The van der Waals surface area contributed by atoms with Crippen LogP contribution >= 0.6 is 11.6 Å². The summed E-state index contributed by atoms with van der Waals surface area (Å²) in [6.45, 7) is 1.64. The SMILES string of the molecule is Cc1c(Cl)cccc1S(=O)(=O)NC1CCC(C(=O)O)C1. The highest BCUT2D eigenvalue weighted by atomic mass is 35.5. The molecule has 20 heavy (non-hydrogen) atoms. The van der Waals surface area contributed by atoms with Crippen molar-refractivity contribution in [2.75, 3.05) is 0 Å². The Hall–Kier alpha value is -1.11. The summed E-state index contributed by atoms with van der Waals surface area (Å²) >= 11 is 5.93. The van der Waals surface area contributed by atoms with Crippen molar-refractivity contribution in [2.45, 2.75) is 37.1 Å². The van der Waals surface area contributed by atoms with Gasteiger partial charge in [0.05, 0.1) is 10.8 Å². The first-order valence-electron chi connectivity index (χ1n) is 6.31. The van der Waals surface area contributed by atoms with Gasteiger partial charge in [-0.2, -0.15) is 0 Å². The zero-order valence-corrected chi connectivity index (χ0v) is 12.5. The molecule has 1 aliphatic carbocycles. The summed E-state index contributed by atoms with van der Waals surface area (Å²) in [6.07, 6.45) is 1.36. The van der Waals surface area contributed by atoms with Crippen molar-refractivity contribution in [2.24, 2.45) is 5.92 Å². The molecule has 0 bridgehead atoms. The van der Waals surface area contributed by atoms with E-state index in [9.17, 15) is 13.2 Å². The van der Waals surface area contributed by atoms with Crippen LogP contribution < -0.4 is 4.72 Å². The van der Waals surface area contributed by atoms with Gasteiger partial charge < -0.3 is 5.11 Å². The molecule has 7 heteroatoms. The number of hydrogen-bond donors (Lipinski definition) is 2. The summed E-state index contributed by atoms with van der Waals surface area (Å²) < 4.78 is 27.2. The number of carbonyl (C=O) groups is 1. The van der Waals surface area contributed by atoms with E-state index in [-0.39, 0.29) is 10.9 Å². The van der Waals surface area contributed by atoms with Gasteiger partial charge in [0.2, 0.25) is 10.0 Å². The summed E-state index contributed by atoms with van der Waals surface area (Å²) in [4.78, 5) is 11.0. The van der Waals surface area contributed by atoms with Crippen LogP contribution in [0.4, 0.5) is 0 Å². The van der Waals surface area contributed by atoms with Gasteiger partial charge in [0.15, 0.2) is 0 Å². The monoisotopic (exact) mass is 317 g/mol. The molecule has 0 heterocycles. The Balaban J connectivity index is 2.17. The molecule has 1 saturated carbocycles. The first-order valence-corrected chi connectivity index (χ1v) is 8.17. The van der Waals surface area contributed by atoms with Crippen molar-refractivity contribution < 1.29 is 18.3 Å². The third-order valence-electron chi connectivity index (χ3n) is 3.61. The van der Waals surface area contributed by atoms with E-state index in [0.717, 1.165) is 0 Å². The molecule has 0 saturated heterocycles. The molecule has 5 nitrogen and oxygen atoms in total. The molecule has 110 valence electrons. The fraction of sp³-hybridized carbons (Fsp3) is 0.462. The molecule has 1 aromatic rings. The van der Waals surface area contributed by atoms with Crippen LogP contribution in [-0.4, -0.2) is 25.5 Å². The van der Waals surface area contributed by atoms with Crippen molar-refractivity contribution in [3.05, 3.63) is 28.8 Å². The fourth-order valence-corrected chi connectivity index (χ4v) is 4.26. The van der Waals surface area contributed by atoms with Crippen molar-refractivity contribution in [3.8, 4) is 0 Å². The van der Waals surface area contributed by atoms with E-state index < -0.39 is 21.9 Å². The minimum atomic E-state index is -3.67. The maximum Gasteiger partial charge on any atom is 0.306 e. The minimum Gasteiger partial charge on any atom is -0.481 e. The lowest BCUT2D eigenvalue weighted by atomic mass is 10.1. The third-order valence-corrected chi connectivity index (χ3v) is 5.69. The summed E-state index contributed by atoms with van der Waals surface area (Å²) in [5, 5.41) is 9.32. The van der Waals surface area contributed by atoms with Crippen LogP contribution in [0.5, 0.6) is 0 Å². The number of hydrogen-bond acceptors (Lipinski definition) is 3. The predicted octanol–water partition coefficient (Wildman–Crippen LogP) is 2.18. The topological polar surface area (TPSA) is 83.5 Å². The molecule has 1 aromatic carbocycles. The molecular weight excluding hydrogens is 302 g/mol. The number of carboxylic acid groups (broad SMARTS) is 1. The number of nitrogens with one attached hydrogen (secondary N) is 1. The first-order chi connectivity index (χ1) is 9.31. The minimum absolute atomic E-state index is 0.142. The van der Waals surface area contributed by atoms with Crippen molar-refractivity contribution >= 4 is 27.6 Å². The van der Waals surface area contributed by atoms with Crippen molar-refractivity contribution in [1.29, 1.82) is 0 Å². The second kappa shape index (κ2) is 5.71. The number of aliphatic carboxylic acids is 1. The largest absolute Gasteiger partial charge is 0.481 e. The van der Waals surface area contributed by atoms with E-state index in [4.69, 9.17) is 16.7 Å². The Morgan fingerprint density at radius 1 is 1.40 bits per heavy atom. The van der Waals surface area contributed by atoms with Crippen LogP contribution in [0.3, 0.4) is 0 Å². The summed E-state index contributed by atoms with van der Waals surface area (Å²) in [6, 6.07) is 4.37. The number of halogens is 1. The van der Waals surface area contributed by atoms with E-state index in [1.54, 1.807) is 19.1 Å². The highest BCUT2D eigenvalue weighted by Crippen LogP contribution is 2.28. The van der Waals surface area contributed by atoms with Crippen LogP contribution in [0.1, 0.15) is 24.8 Å². The lowest BCUT2D eigenvalue weighted by Gasteiger charge is -2.15. The van der Waals surface area contributed by atoms with Gasteiger partial charge in [-0.25, -0.2) is 13.1 Å². The number of sulfonamides is 1. The molecule has 1 aliphatic rings. The molecular formula is C13H16ClNO4S. The molecule has 2 atom stereocenters. The molecule has 0 amide bonds. The first kappa shape index (κ1) is 15.3. The van der Waals surface area contributed by atoms with Gasteiger partial charge >= 0.3 is 5.97 Å². The molecule has 1 fully saturated rings. The molecule has 0 radical (unpaired) electrons. The standard InChI is InChI=1S/C13H16ClNO4S/c1-8-11(14)3-2-4-12(8)20(18,19)15-10-6-5-9(7-10)13(16)17/h2-4,9-10,15H,5-7H2,1H3,(H,16,17). The Kier molecular flexibility index (Phi) is 4.36. The Morgan fingerprint density at radius 2 is 2.10 bits per heavy atom. The lowest BCUT2D eigenvalue weighted by Crippen LogP contribution is -2.33. The second-order valence-corrected chi connectivity index (χ2v) is 7.12. The van der Waals surface area contributed by atoms with Gasteiger partial charge in [0.1, 0.15) is 0 Å². The molecule has 0 spiro atoms. The van der Waals surface area contributed by atoms with Crippen molar-refractivity contribution in [3.63, 3.8) is 0 Å². The smallest absolute Gasteiger partial charge is 0.306 e. The summed E-state index contributed by atoms with van der Waals surface area (Å²) in [7, 11) is -3.67. The maximum absolute atomic E-state index is 12.3. The average molecular weight is 318 g/mol. The van der Waals surface area contributed by atoms with Gasteiger partial charge in [0, 0.05) is 11.1 Å². The van der Waals surface area contributed by atoms with Crippen molar-refractivity contribution in [1.82, 2.24) is 4.72 Å². The van der Waals surface area contributed by atoms with Gasteiger partial charge in [-0.1, -0.05) is 17.7 Å². The normalized spacial score (nSPS) is 22.9. The van der Waals surface area contributed by atoms with E-state index >= 15 is 0 Å². The number of benzene rings is 1. The van der Waals surface area contributed by atoms with Gasteiger partial charge in [0.25, 0.3) is 0 Å². The zero-order chi connectivity index (χ0) is 14.9. The van der Waals surface area contributed by atoms with Gasteiger partial charge in [-0.05, 0) is 43.9 Å². The molecule has 2 unspecified atom stereocenters. The van der Waals surface area contributed by atoms with E-state index in [2.05, 4.69) is 4.72 Å². The van der Waals surface area contributed by atoms with Crippen LogP contribution in [0.15, 0.2) is 23.1 Å². The van der Waals surface area contributed by atoms with Crippen LogP contribution in [0, 0.1) is 12.8 Å². The number of rotatable bonds is 4. The Morgan fingerprint density at radius 3 is 2.70 bits per heavy atom. The van der Waals surface area contributed by atoms with Gasteiger partial charge in [-0.15, -0.1) is 0 Å². The molecule has 0 aliphatic heterocycles. The van der Waals surface area contributed by atoms with E-state index in [1.807, 2.05) is 0 Å². The molecule has 0 aromatic heterocycles. The fourth-order valence-electron chi connectivity index (χ4n) is 2.47. The quantitative estimate of drug-likeness (QED) is 0.891. The third kappa shape index (κ3) is 3.13. The zero-order valence-electron chi connectivity index (χ0n) is 11.0. The summed E-state index contributed by atoms with van der Waals surface area (Å²) in [5.74, 6) is -1.34. The Bertz CT molecular complexity index is 629. The van der Waals surface area contributed by atoms with Crippen LogP contribution in [0.25, 0.3) is 0 Å². The second-order valence-electron chi connectivity index (χ2n) is 5.03. The lowest BCUT2D eigenvalue weighted by molar-refractivity contribution is -0.141. The predicted molar refractivity (Wildman–Crippen MR) is 75.3 cm³/mol. The van der Waals surface area contributed by atoms with Crippen LogP contribution in [0.2, 0.25) is 5.02 Å². The van der Waals surface area contributed by atoms with Crippen LogP contribution in [-0.2, 0) is 14.8 Å². The highest BCUT2D eigenvalue weighted by molar-refractivity contribution is 7.89. The van der Waals surface area contributed by atoms with E-state index in [1.165, 1.54) is 6.07 Å².